The van der Waals surface area contributed by atoms with Crippen LogP contribution in [0.1, 0.15) is 51.8 Å². The van der Waals surface area contributed by atoms with E-state index in [-0.39, 0.29) is 17.8 Å². The summed E-state index contributed by atoms with van der Waals surface area (Å²) in [5.41, 5.74) is 1.52. The summed E-state index contributed by atoms with van der Waals surface area (Å²) in [7, 11) is 0. The van der Waals surface area contributed by atoms with Gasteiger partial charge in [0.1, 0.15) is 30.7 Å². The van der Waals surface area contributed by atoms with Crippen LogP contribution in [0.5, 0.6) is 5.75 Å². The molecule has 0 fully saturated rings. The van der Waals surface area contributed by atoms with Crippen LogP contribution in [0.2, 0.25) is 0 Å². The summed E-state index contributed by atoms with van der Waals surface area (Å²) in [4.78, 5) is 22.4. The molecule has 3 atom stereocenters. The minimum atomic E-state index is -0.654. The maximum absolute atomic E-state index is 11.3. The van der Waals surface area contributed by atoms with Crippen molar-refractivity contribution in [3.63, 3.8) is 0 Å². The topological polar surface area (TPSA) is 82.1 Å². The van der Waals surface area contributed by atoms with Crippen molar-refractivity contribution in [2.24, 2.45) is 0 Å². The standard InChI is InChI=1S/C20H26O6/c1-12(21)24-11-19-18(25-13(2)22)9-8-17(26-19)15-7-6-14(10-16(15)23)20(3,4)5/h6-10,17-19,23H,11H2,1-5H3/t17-,18-,19+/m0/s1. The molecule has 2 rings (SSSR count). The Morgan fingerprint density at radius 2 is 1.85 bits per heavy atom. The van der Waals surface area contributed by atoms with E-state index < -0.39 is 30.3 Å². The van der Waals surface area contributed by atoms with E-state index in [0.717, 1.165) is 5.56 Å². The predicted octanol–water partition coefficient (Wildman–Crippen LogP) is 3.18. The lowest BCUT2D eigenvalue weighted by atomic mass is 9.86. The predicted molar refractivity (Wildman–Crippen MR) is 95.7 cm³/mol. The molecule has 1 N–H and O–H groups in total. The molecule has 142 valence electrons. The van der Waals surface area contributed by atoms with E-state index in [9.17, 15) is 14.7 Å². The first-order valence-corrected chi connectivity index (χ1v) is 8.55. The molecule has 0 saturated carbocycles. The molecule has 0 aromatic heterocycles. The van der Waals surface area contributed by atoms with Gasteiger partial charge in [0.2, 0.25) is 0 Å². The highest BCUT2D eigenvalue weighted by molar-refractivity contribution is 5.67. The summed E-state index contributed by atoms with van der Waals surface area (Å²) in [6, 6.07) is 5.50. The Morgan fingerprint density at radius 3 is 2.38 bits per heavy atom. The minimum absolute atomic E-state index is 0.0467. The van der Waals surface area contributed by atoms with Crippen molar-refractivity contribution in [3.8, 4) is 5.75 Å². The molecule has 0 aliphatic carbocycles. The largest absolute Gasteiger partial charge is 0.508 e. The van der Waals surface area contributed by atoms with Crippen LogP contribution in [0.15, 0.2) is 30.4 Å². The lowest BCUT2D eigenvalue weighted by molar-refractivity contribution is -0.163. The Labute approximate surface area is 153 Å². The number of carbonyl (C=O) groups is 2. The average molecular weight is 362 g/mol. The van der Waals surface area contributed by atoms with E-state index in [1.165, 1.54) is 13.8 Å². The molecule has 1 aliphatic rings. The highest BCUT2D eigenvalue weighted by atomic mass is 16.6. The van der Waals surface area contributed by atoms with E-state index in [0.29, 0.717) is 5.56 Å². The average Bonchev–Trinajstić information content (AvgIpc) is 2.52. The third kappa shape index (κ3) is 5.08. The summed E-state index contributed by atoms with van der Waals surface area (Å²) in [6.45, 7) is 8.76. The molecule has 1 aliphatic heterocycles. The van der Waals surface area contributed by atoms with E-state index in [2.05, 4.69) is 20.8 Å². The fraction of sp³-hybridized carbons (Fsp3) is 0.500. The molecule has 1 aromatic carbocycles. The Kier molecular flexibility index (Phi) is 6.08. The summed E-state index contributed by atoms with van der Waals surface area (Å²) in [6.07, 6.45) is 1.58. The van der Waals surface area contributed by atoms with E-state index in [4.69, 9.17) is 14.2 Å². The third-order valence-corrected chi connectivity index (χ3v) is 4.12. The molecule has 1 aromatic rings. The van der Waals surface area contributed by atoms with Gasteiger partial charge < -0.3 is 19.3 Å². The number of benzene rings is 1. The number of phenolic OH excluding ortho intramolecular Hbond substituents is 1. The van der Waals surface area contributed by atoms with Crippen LogP contribution in [-0.2, 0) is 29.2 Å². The number of hydrogen-bond donors (Lipinski definition) is 1. The molecule has 0 amide bonds. The lowest BCUT2D eigenvalue weighted by Gasteiger charge is -2.32. The van der Waals surface area contributed by atoms with E-state index in [1.54, 1.807) is 18.2 Å². The fourth-order valence-electron chi connectivity index (χ4n) is 2.71. The maximum atomic E-state index is 11.3. The lowest BCUT2D eigenvalue weighted by Crippen LogP contribution is -2.39. The van der Waals surface area contributed by atoms with Gasteiger partial charge >= 0.3 is 11.9 Å². The highest BCUT2D eigenvalue weighted by Crippen LogP contribution is 2.35. The van der Waals surface area contributed by atoms with Crippen LogP contribution in [0, 0.1) is 0 Å². The normalized spacial score (nSPS) is 22.7. The molecule has 26 heavy (non-hydrogen) atoms. The van der Waals surface area contributed by atoms with Gasteiger partial charge in [-0.25, -0.2) is 0 Å². The summed E-state index contributed by atoms with van der Waals surface area (Å²) >= 11 is 0. The molecule has 0 bridgehead atoms. The molecular weight excluding hydrogens is 336 g/mol. The number of esters is 2. The van der Waals surface area contributed by atoms with Crippen molar-refractivity contribution in [1.82, 2.24) is 0 Å². The Balaban J connectivity index is 2.24. The van der Waals surface area contributed by atoms with Gasteiger partial charge in [0.25, 0.3) is 0 Å². The smallest absolute Gasteiger partial charge is 0.303 e. The first-order valence-electron chi connectivity index (χ1n) is 8.55. The molecule has 1 heterocycles. The third-order valence-electron chi connectivity index (χ3n) is 4.12. The number of hydrogen-bond acceptors (Lipinski definition) is 6. The van der Waals surface area contributed by atoms with Crippen molar-refractivity contribution in [1.29, 1.82) is 0 Å². The zero-order chi connectivity index (χ0) is 19.5. The molecule has 0 spiro atoms. The van der Waals surface area contributed by atoms with Crippen molar-refractivity contribution >= 4 is 11.9 Å². The molecule has 0 saturated heterocycles. The van der Waals surface area contributed by atoms with Crippen molar-refractivity contribution in [3.05, 3.63) is 41.5 Å². The highest BCUT2D eigenvalue weighted by Gasteiger charge is 2.32. The second-order valence-corrected chi connectivity index (χ2v) is 7.38. The van der Waals surface area contributed by atoms with E-state index >= 15 is 0 Å². The quantitative estimate of drug-likeness (QED) is 0.654. The second-order valence-electron chi connectivity index (χ2n) is 7.38. The molecular formula is C20H26O6. The first-order chi connectivity index (χ1) is 12.1. The van der Waals surface area contributed by atoms with Gasteiger partial charge in [-0.3, -0.25) is 9.59 Å². The van der Waals surface area contributed by atoms with Gasteiger partial charge in [-0.1, -0.05) is 39.0 Å². The molecule has 6 nitrogen and oxygen atoms in total. The summed E-state index contributed by atoms with van der Waals surface area (Å²) in [5.74, 6) is -0.769. The van der Waals surface area contributed by atoms with Crippen LogP contribution < -0.4 is 0 Å². The van der Waals surface area contributed by atoms with Crippen LogP contribution in [0.4, 0.5) is 0 Å². The van der Waals surface area contributed by atoms with Gasteiger partial charge in [-0.15, -0.1) is 0 Å². The van der Waals surface area contributed by atoms with Crippen LogP contribution in [-0.4, -0.2) is 35.9 Å². The zero-order valence-corrected chi connectivity index (χ0v) is 15.8. The monoisotopic (exact) mass is 362 g/mol. The Morgan fingerprint density at radius 1 is 1.15 bits per heavy atom. The van der Waals surface area contributed by atoms with Crippen molar-refractivity contribution < 1.29 is 28.9 Å². The van der Waals surface area contributed by atoms with Crippen LogP contribution >= 0.6 is 0 Å². The number of carbonyl (C=O) groups excluding carboxylic acids is 2. The maximum Gasteiger partial charge on any atom is 0.303 e. The number of rotatable bonds is 4. The second kappa shape index (κ2) is 7.91. The van der Waals surface area contributed by atoms with E-state index in [1.807, 2.05) is 12.1 Å². The van der Waals surface area contributed by atoms with Crippen LogP contribution in [0.3, 0.4) is 0 Å². The fourth-order valence-corrected chi connectivity index (χ4v) is 2.71. The minimum Gasteiger partial charge on any atom is -0.508 e. The van der Waals surface area contributed by atoms with Crippen LogP contribution in [0.25, 0.3) is 0 Å². The summed E-state index contributed by atoms with van der Waals surface area (Å²) < 4.78 is 16.2. The van der Waals surface area contributed by atoms with Crippen molar-refractivity contribution in [2.45, 2.75) is 58.3 Å². The molecule has 0 unspecified atom stereocenters. The van der Waals surface area contributed by atoms with Gasteiger partial charge in [-0.05, 0) is 23.1 Å². The first kappa shape index (κ1) is 20.0. The van der Waals surface area contributed by atoms with Crippen molar-refractivity contribution in [2.75, 3.05) is 6.61 Å². The van der Waals surface area contributed by atoms with Gasteiger partial charge in [0, 0.05) is 19.4 Å². The molecule has 0 radical (unpaired) electrons. The summed E-state index contributed by atoms with van der Waals surface area (Å²) in [5, 5.41) is 10.4. The SMILES string of the molecule is CC(=O)OC[C@H]1O[C@H](c2ccc(C(C)(C)C)cc2O)C=C[C@@H]1OC(C)=O. The van der Waals surface area contributed by atoms with Gasteiger partial charge in [-0.2, -0.15) is 0 Å². The van der Waals surface area contributed by atoms with Gasteiger partial charge in [0.05, 0.1) is 0 Å². The number of phenols is 1. The molecule has 6 heteroatoms. The number of aromatic hydroxyl groups is 1. The Hall–Kier alpha value is -2.34. The zero-order valence-electron chi connectivity index (χ0n) is 15.8. The number of ether oxygens (including phenoxy) is 3. The van der Waals surface area contributed by atoms with Gasteiger partial charge in [0.15, 0.2) is 0 Å². The Bertz CT molecular complexity index is 701.